The van der Waals surface area contributed by atoms with Crippen LogP contribution in [0.3, 0.4) is 0 Å². The van der Waals surface area contributed by atoms with Gasteiger partial charge in [-0.1, -0.05) is 12.1 Å². The van der Waals surface area contributed by atoms with Crippen LogP contribution in [-0.2, 0) is 19.6 Å². The molecule has 0 aromatic heterocycles. The van der Waals surface area contributed by atoms with Crippen molar-refractivity contribution in [3.05, 3.63) is 35.4 Å². The van der Waals surface area contributed by atoms with Crippen LogP contribution in [0.2, 0.25) is 0 Å². The number of aromatic carboxylic acids is 1. The molecule has 0 unspecified atom stereocenters. The Labute approximate surface area is 107 Å². The lowest BCUT2D eigenvalue weighted by atomic mass is 10.1. The molecule has 1 rings (SSSR count). The van der Waals surface area contributed by atoms with Crippen molar-refractivity contribution in [1.82, 2.24) is 0 Å². The SMILES string of the molecule is CCOC(OCC)(P=O)c1cccc(C(=O)O)c1. The van der Waals surface area contributed by atoms with E-state index >= 15 is 0 Å². The minimum atomic E-state index is -1.44. The van der Waals surface area contributed by atoms with Crippen LogP contribution in [0.15, 0.2) is 24.3 Å². The molecule has 5 nitrogen and oxygen atoms in total. The van der Waals surface area contributed by atoms with Gasteiger partial charge in [0.1, 0.15) is 0 Å². The number of rotatable bonds is 7. The van der Waals surface area contributed by atoms with Gasteiger partial charge in [-0.3, -0.25) is 4.57 Å². The second kappa shape index (κ2) is 6.59. The average molecular weight is 270 g/mol. The largest absolute Gasteiger partial charge is 0.478 e. The van der Waals surface area contributed by atoms with E-state index < -0.39 is 11.5 Å². The molecule has 0 atom stereocenters. The molecule has 0 aliphatic heterocycles. The van der Waals surface area contributed by atoms with Crippen LogP contribution < -0.4 is 0 Å². The smallest absolute Gasteiger partial charge is 0.335 e. The minimum Gasteiger partial charge on any atom is -0.478 e. The molecule has 0 fully saturated rings. The van der Waals surface area contributed by atoms with Gasteiger partial charge in [-0.25, -0.2) is 4.79 Å². The average Bonchev–Trinajstić information content (AvgIpc) is 2.38. The number of carboxylic acid groups (broad SMARTS) is 1. The summed E-state index contributed by atoms with van der Waals surface area (Å²) in [5.74, 6) is -1.05. The Morgan fingerprint density at radius 1 is 1.33 bits per heavy atom. The van der Waals surface area contributed by atoms with Crippen molar-refractivity contribution in [3.8, 4) is 0 Å². The van der Waals surface area contributed by atoms with Crippen molar-refractivity contribution >= 4 is 14.4 Å². The van der Waals surface area contributed by atoms with Gasteiger partial charge in [-0.15, -0.1) is 0 Å². The highest BCUT2D eigenvalue weighted by molar-refractivity contribution is 7.24. The van der Waals surface area contributed by atoms with Crippen molar-refractivity contribution in [1.29, 1.82) is 0 Å². The number of benzene rings is 1. The summed E-state index contributed by atoms with van der Waals surface area (Å²) in [6, 6.07) is 6.05. The molecule has 0 amide bonds. The van der Waals surface area contributed by atoms with E-state index in [-0.39, 0.29) is 14.0 Å². The zero-order valence-corrected chi connectivity index (χ0v) is 11.1. The van der Waals surface area contributed by atoms with Crippen molar-refractivity contribution < 1.29 is 23.9 Å². The van der Waals surface area contributed by atoms with Crippen molar-refractivity contribution in [2.24, 2.45) is 0 Å². The second-order valence-corrected chi connectivity index (χ2v) is 4.20. The number of carboxylic acids is 1. The molecule has 18 heavy (non-hydrogen) atoms. The number of carbonyl (C=O) groups is 1. The van der Waals surface area contributed by atoms with Gasteiger partial charge in [-0.05, 0) is 26.0 Å². The Morgan fingerprint density at radius 2 is 1.94 bits per heavy atom. The molecular weight excluding hydrogens is 255 g/mol. The van der Waals surface area contributed by atoms with Crippen LogP contribution in [0, 0.1) is 0 Å². The molecule has 1 aromatic rings. The fraction of sp³-hybridized carbons (Fsp3) is 0.417. The van der Waals surface area contributed by atoms with Crippen molar-refractivity contribution in [3.63, 3.8) is 0 Å². The Morgan fingerprint density at radius 3 is 2.39 bits per heavy atom. The van der Waals surface area contributed by atoms with E-state index in [9.17, 15) is 9.36 Å². The summed E-state index contributed by atoms with van der Waals surface area (Å²) in [7, 11) is -0.367. The standard InChI is InChI=1S/C12H15O5P/c1-3-16-12(18-15,17-4-2)10-7-5-6-9(8-10)11(13)14/h5-8H,3-4H2,1-2H3,(H,13,14). The van der Waals surface area contributed by atoms with E-state index in [1.54, 1.807) is 26.0 Å². The van der Waals surface area contributed by atoms with E-state index in [0.717, 1.165) is 0 Å². The molecule has 6 heteroatoms. The normalized spacial score (nSPS) is 11.7. The quantitative estimate of drug-likeness (QED) is 0.609. The minimum absolute atomic E-state index is 0.0972. The van der Waals surface area contributed by atoms with Crippen LogP contribution in [-0.4, -0.2) is 24.3 Å². The zero-order valence-electron chi connectivity index (χ0n) is 10.3. The van der Waals surface area contributed by atoms with Gasteiger partial charge in [0.05, 0.1) is 5.56 Å². The molecule has 0 heterocycles. The highest BCUT2D eigenvalue weighted by Crippen LogP contribution is 2.38. The lowest BCUT2D eigenvalue weighted by molar-refractivity contribution is -0.176. The van der Waals surface area contributed by atoms with Gasteiger partial charge in [0.25, 0.3) is 5.53 Å². The van der Waals surface area contributed by atoms with Crippen LogP contribution in [0.4, 0.5) is 0 Å². The van der Waals surface area contributed by atoms with Gasteiger partial charge >= 0.3 is 5.97 Å². The molecule has 0 saturated heterocycles. The predicted octanol–water partition coefficient (Wildman–Crippen LogP) is 2.86. The van der Waals surface area contributed by atoms with E-state index in [0.29, 0.717) is 18.8 Å². The maximum atomic E-state index is 11.4. The number of hydrogen-bond donors (Lipinski definition) is 1. The lowest BCUT2D eigenvalue weighted by Crippen LogP contribution is -2.27. The first-order chi connectivity index (χ1) is 8.59. The summed E-state index contributed by atoms with van der Waals surface area (Å²) in [4.78, 5) is 10.9. The molecule has 0 spiro atoms. The summed E-state index contributed by atoms with van der Waals surface area (Å²) in [5, 5.41) is 8.95. The van der Waals surface area contributed by atoms with Gasteiger partial charge < -0.3 is 14.6 Å². The number of hydrogen-bond acceptors (Lipinski definition) is 4. The van der Waals surface area contributed by atoms with Crippen LogP contribution in [0.5, 0.6) is 0 Å². The Kier molecular flexibility index (Phi) is 5.41. The van der Waals surface area contributed by atoms with E-state index in [4.69, 9.17) is 14.6 Å². The second-order valence-electron chi connectivity index (χ2n) is 3.43. The molecule has 0 saturated carbocycles. The maximum Gasteiger partial charge on any atom is 0.335 e. The topological polar surface area (TPSA) is 72.8 Å². The third-order valence-corrected chi connectivity index (χ3v) is 3.03. The van der Waals surface area contributed by atoms with Gasteiger partial charge in [0.2, 0.25) is 8.46 Å². The molecule has 0 bridgehead atoms. The fourth-order valence-corrected chi connectivity index (χ4v) is 2.16. The third kappa shape index (κ3) is 3.13. The Bertz CT molecular complexity index is 426. The Hall–Kier alpha value is -1.29. The third-order valence-electron chi connectivity index (χ3n) is 2.27. The Balaban J connectivity index is 3.23. The first-order valence-corrected chi connectivity index (χ1v) is 6.37. The molecule has 0 radical (unpaired) electrons. The van der Waals surface area contributed by atoms with Gasteiger partial charge in [-0.2, -0.15) is 0 Å². The fourth-order valence-electron chi connectivity index (χ4n) is 1.55. The summed E-state index contributed by atoms with van der Waals surface area (Å²) in [5.41, 5.74) is -0.919. The number of ether oxygens (including phenoxy) is 2. The van der Waals surface area contributed by atoms with Crippen molar-refractivity contribution in [2.45, 2.75) is 19.4 Å². The lowest BCUT2D eigenvalue weighted by Gasteiger charge is -2.26. The van der Waals surface area contributed by atoms with Crippen LogP contribution in [0.1, 0.15) is 29.8 Å². The van der Waals surface area contributed by atoms with Gasteiger partial charge in [0, 0.05) is 18.8 Å². The summed E-state index contributed by atoms with van der Waals surface area (Å²) in [6.07, 6.45) is 0. The molecule has 0 aliphatic rings. The molecule has 98 valence electrons. The highest BCUT2D eigenvalue weighted by Gasteiger charge is 2.35. The highest BCUT2D eigenvalue weighted by atomic mass is 31.1. The molecule has 1 N–H and O–H groups in total. The predicted molar refractivity (Wildman–Crippen MR) is 65.9 cm³/mol. The van der Waals surface area contributed by atoms with Crippen LogP contribution in [0.25, 0.3) is 0 Å². The molecular formula is C12H15O5P. The van der Waals surface area contributed by atoms with Gasteiger partial charge in [0.15, 0.2) is 0 Å². The summed E-state index contributed by atoms with van der Waals surface area (Å²) >= 11 is 0. The first-order valence-electron chi connectivity index (χ1n) is 5.56. The maximum absolute atomic E-state index is 11.4. The monoisotopic (exact) mass is 270 g/mol. The van der Waals surface area contributed by atoms with Crippen molar-refractivity contribution in [2.75, 3.05) is 13.2 Å². The first kappa shape index (κ1) is 14.8. The summed E-state index contributed by atoms with van der Waals surface area (Å²) < 4.78 is 22.2. The van der Waals surface area contributed by atoms with E-state index in [2.05, 4.69) is 0 Å². The van der Waals surface area contributed by atoms with E-state index in [1.807, 2.05) is 0 Å². The van der Waals surface area contributed by atoms with E-state index in [1.165, 1.54) is 12.1 Å². The summed E-state index contributed by atoms with van der Waals surface area (Å²) in [6.45, 7) is 4.10. The van der Waals surface area contributed by atoms with Crippen LogP contribution >= 0.6 is 8.46 Å². The zero-order chi connectivity index (χ0) is 13.6. The molecule has 1 aromatic carbocycles. The molecule has 0 aliphatic carbocycles.